The van der Waals surface area contributed by atoms with Crippen LogP contribution >= 0.6 is 0 Å². The summed E-state index contributed by atoms with van der Waals surface area (Å²) < 4.78 is 7.39. The van der Waals surface area contributed by atoms with Gasteiger partial charge in [-0.05, 0) is 35.9 Å². The van der Waals surface area contributed by atoms with E-state index in [9.17, 15) is 4.79 Å². The van der Waals surface area contributed by atoms with E-state index in [-0.39, 0.29) is 5.78 Å². The van der Waals surface area contributed by atoms with Crippen molar-refractivity contribution in [3.8, 4) is 11.5 Å². The van der Waals surface area contributed by atoms with Gasteiger partial charge in [0.2, 0.25) is 0 Å². The van der Waals surface area contributed by atoms with Gasteiger partial charge in [-0.1, -0.05) is 36.4 Å². The summed E-state index contributed by atoms with van der Waals surface area (Å²) >= 11 is 0. The number of nitrogens with zero attached hydrogens (tertiary/aromatic N) is 2. The molecule has 3 rings (SSSR count). The molecule has 3 aromatic rings. The van der Waals surface area contributed by atoms with E-state index in [1.54, 1.807) is 36.3 Å². The Labute approximate surface area is 134 Å². The molecular weight excluding hydrogens is 288 g/mol. The molecule has 0 radical (unpaired) electrons. The third-order valence-corrected chi connectivity index (χ3v) is 3.25. The van der Waals surface area contributed by atoms with E-state index < -0.39 is 0 Å². The smallest absolute Gasteiger partial charge is 0.189 e. The van der Waals surface area contributed by atoms with E-state index in [1.807, 2.05) is 54.6 Å². The number of allylic oxidation sites excluding steroid dienone is 1. The Morgan fingerprint density at radius 2 is 1.87 bits per heavy atom. The summed E-state index contributed by atoms with van der Waals surface area (Å²) in [7, 11) is 1.78. The zero-order chi connectivity index (χ0) is 16.1. The van der Waals surface area contributed by atoms with Crippen molar-refractivity contribution < 1.29 is 9.53 Å². The molecule has 23 heavy (non-hydrogen) atoms. The Balaban J connectivity index is 1.72. The Morgan fingerprint density at radius 3 is 2.61 bits per heavy atom. The minimum Gasteiger partial charge on any atom is -0.457 e. The second-order valence-electron chi connectivity index (χ2n) is 5.09. The van der Waals surface area contributed by atoms with E-state index in [4.69, 9.17) is 4.74 Å². The lowest BCUT2D eigenvalue weighted by molar-refractivity contribution is 0.104. The molecule has 0 saturated heterocycles. The van der Waals surface area contributed by atoms with Gasteiger partial charge >= 0.3 is 0 Å². The number of ether oxygens (including phenoxy) is 1. The zero-order valence-electron chi connectivity index (χ0n) is 12.7. The van der Waals surface area contributed by atoms with Gasteiger partial charge in [0, 0.05) is 13.2 Å². The first-order valence-corrected chi connectivity index (χ1v) is 7.25. The number of hydrogen-bond donors (Lipinski definition) is 0. The highest BCUT2D eigenvalue weighted by Gasteiger charge is 2.04. The molecule has 0 aliphatic carbocycles. The Morgan fingerprint density at radius 1 is 1.09 bits per heavy atom. The average Bonchev–Trinajstić information content (AvgIpc) is 3.01. The molecule has 0 aliphatic rings. The van der Waals surface area contributed by atoms with E-state index >= 15 is 0 Å². The SMILES string of the molecule is Cn1cc(C(=O)/C=C/c2cccc(Oc3ccccc3)c2)cn1. The molecule has 0 bridgehead atoms. The van der Waals surface area contributed by atoms with E-state index in [1.165, 1.54) is 0 Å². The van der Waals surface area contributed by atoms with Gasteiger partial charge in [-0.25, -0.2) is 0 Å². The molecule has 0 N–H and O–H groups in total. The molecule has 0 aliphatic heterocycles. The molecule has 114 valence electrons. The largest absolute Gasteiger partial charge is 0.457 e. The maximum Gasteiger partial charge on any atom is 0.189 e. The molecular formula is C19H16N2O2. The molecule has 0 fully saturated rings. The number of ketones is 1. The average molecular weight is 304 g/mol. The quantitative estimate of drug-likeness (QED) is 0.526. The lowest BCUT2D eigenvalue weighted by Crippen LogP contribution is -1.92. The van der Waals surface area contributed by atoms with Crippen molar-refractivity contribution in [2.24, 2.45) is 7.05 Å². The van der Waals surface area contributed by atoms with Crippen molar-refractivity contribution in [3.05, 3.63) is 84.2 Å². The number of rotatable bonds is 5. The summed E-state index contributed by atoms with van der Waals surface area (Å²) in [5.74, 6) is 1.43. The van der Waals surface area contributed by atoms with Crippen LogP contribution in [0.4, 0.5) is 0 Å². The summed E-state index contributed by atoms with van der Waals surface area (Å²) in [5.41, 5.74) is 1.47. The van der Waals surface area contributed by atoms with Gasteiger partial charge in [-0.3, -0.25) is 9.48 Å². The number of carbonyl (C=O) groups is 1. The van der Waals surface area contributed by atoms with Gasteiger partial charge < -0.3 is 4.74 Å². The molecule has 0 spiro atoms. The Bertz CT molecular complexity index is 835. The number of hydrogen-bond acceptors (Lipinski definition) is 3. The van der Waals surface area contributed by atoms with Crippen molar-refractivity contribution in [3.63, 3.8) is 0 Å². The van der Waals surface area contributed by atoms with Gasteiger partial charge in [0.15, 0.2) is 5.78 Å². The second-order valence-corrected chi connectivity index (χ2v) is 5.09. The fourth-order valence-electron chi connectivity index (χ4n) is 2.12. The first-order chi connectivity index (χ1) is 11.2. The predicted octanol–water partition coefficient (Wildman–Crippen LogP) is 4.11. The minimum atomic E-state index is -0.0764. The standard InChI is InChI=1S/C19H16N2O2/c1-21-14-16(13-20-21)19(22)11-10-15-6-5-9-18(12-15)23-17-7-3-2-4-8-17/h2-14H,1H3/b11-10+. The van der Waals surface area contributed by atoms with Gasteiger partial charge in [0.25, 0.3) is 0 Å². The Hall–Kier alpha value is -3.14. The zero-order valence-corrected chi connectivity index (χ0v) is 12.7. The molecule has 0 amide bonds. The molecule has 2 aromatic carbocycles. The van der Waals surface area contributed by atoms with Crippen LogP contribution in [0, 0.1) is 0 Å². The predicted molar refractivity (Wildman–Crippen MR) is 89.5 cm³/mol. The van der Waals surface area contributed by atoms with Crippen molar-refractivity contribution >= 4 is 11.9 Å². The van der Waals surface area contributed by atoms with Crippen LogP contribution in [0.25, 0.3) is 6.08 Å². The summed E-state index contributed by atoms with van der Waals surface area (Å²) in [6.07, 6.45) is 6.56. The van der Waals surface area contributed by atoms with Gasteiger partial charge in [-0.2, -0.15) is 5.10 Å². The van der Waals surface area contributed by atoms with Crippen molar-refractivity contribution in [2.75, 3.05) is 0 Å². The van der Waals surface area contributed by atoms with Crippen molar-refractivity contribution in [2.45, 2.75) is 0 Å². The second kappa shape index (κ2) is 6.75. The van der Waals surface area contributed by atoms with E-state index in [0.29, 0.717) is 5.56 Å². The van der Waals surface area contributed by atoms with E-state index in [2.05, 4.69) is 5.10 Å². The highest BCUT2D eigenvalue weighted by Crippen LogP contribution is 2.22. The lowest BCUT2D eigenvalue weighted by atomic mass is 10.1. The van der Waals surface area contributed by atoms with Crippen molar-refractivity contribution in [1.82, 2.24) is 9.78 Å². The maximum absolute atomic E-state index is 12.0. The normalized spacial score (nSPS) is 10.8. The molecule has 4 heteroatoms. The molecule has 0 saturated carbocycles. The van der Waals surface area contributed by atoms with E-state index in [0.717, 1.165) is 17.1 Å². The molecule has 0 atom stereocenters. The van der Waals surface area contributed by atoms with Crippen LogP contribution in [0.3, 0.4) is 0 Å². The van der Waals surface area contributed by atoms with Crippen LogP contribution in [-0.4, -0.2) is 15.6 Å². The molecule has 1 heterocycles. The molecule has 4 nitrogen and oxygen atoms in total. The van der Waals surface area contributed by atoms with Crippen LogP contribution in [0.15, 0.2) is 73.1 Å². The Kier molecular flexibility index (Phi) is 4.34. The lowest BCUT2D eigenvalue weighted by Gasteiger charge is -2.05. The third-order valence-electron chi connectivity index (χ3n) is 3.25. The third kappa shape index (κ3) is 3.95. The fraction of sp³-hybridized carbons (Fsp3) is 0.0526. The fourth-order valence-corrected chi connectivity index (χ4v) is 2.12. The number of benzene rings is 2. The summed E-state index contributed by atoms with van der Waals surface area (Å²) in [6.45, 7) is 0. The first kappa shape index (κ1) is 14.8. The molecule has 1 aromatic heterocycles. The number of aryl methyl sites for hydroxylation is 1. The highest BCUT2D eigenvalue weighted by molar-refractivity contribution is 6.06. The minimum absolute atomic E-state index is 0.0764. The topological polar surface area (TPSA) is 44.1 Å². The summed E-state index contributed by atoms with van der Waals surface area (Å²) in [5, 5.41) is 4.00. The summed E-state index contributed by atoms with van der Waals surface area (Å²) in [6, 6.07) is 17.2. The van der Waals surface area contributed by atoms with Gasteiger partial charge in [0.1, 0.15) is 11.5 Å². The maximum atomic E-state index is 12.0. The van der Waals surface area contributed by atoms with Crippen LogP contribution in [-0.2, 0) is 7.05 Å². The number of para-hydroxylation sites is 1. The first-order valence-electron chi connectivity index (χ1n) is 7.25. The van der Waals surface area contributed by atoms with Gasteiger partial charge in [-0.15, -0.1) is 0 Å². The van der Waals surface area contributed by atoms with Crippen LogP contribution in [0.1, 0.15) is 15.9 Å². The number of aromatic nitrogens is 2. The van der Waals surface area contributed by atoms with Crippen molar-refractivity contribution in [1.29, 1.82) is 0 Å². The van der Waals surface area contributed by atoms with Crippen LogP contribution < -0.4 is 4.74 Å². The highest BCUT2D eigenvalue weighted by atomic mass is 16.5. The monoisotopic (exact) mass is 304 g/mol. The van der Waals surface area contributed by atoms with Crippen LogP contribution in [0.5, 0.6) is 11.5 Å². The molecule has 0 unspecified atom stereocenters. The number of carbonyl (C=O) groups excluding carboxylic acids is 1. The van der Waals surface area contributed by atoms with Crippen LogP contribution in [0.2, 0.25) is 0 Å². The van der Waals surface area contributed by atoms with Gasteiger partial charge in [0.05, 0.1) is 11.8 Å². The summed E-state index contributed by atoms with van der Waals surface area (Å²) in [4.78, 5) is 12.0.